The zero-order valence-electron chi connectivity index (χ0n) is 10.4. The van der Waals surface area contributed by atoms with E-state index in [-0.39, 0.29) is 6.61 Å². The molecular formula is C14H17NOS. The van der Waals surface area contributed by atoms with Crippen LogP contribution in [-0.4, -0.2) is 16.7 Å². The summed E-state index contributed by atoms with van der Waals surface area (Å²) >= 11 is 1.62. The fraction of sp³-hybridized carbons (Fsp3) is 0.357. The fourth-order valence-corrected chi connectivity index (χ4v) is 2.67. The lowest BCUT2D eigenvalue weighted by atomic mass is 9.97. The molecule has 3 heteroatoms. The van der Waals surface area contributed by atoms with Gasteiger partial charge in [0.2, 0.25) is 0 Å². The Balaban J connectivity index is 2.42. The van der Waals surface area contributed by atoms with Crippen molar-refractivity contribution in [2.45, 2.75) is 27.2 Å². The smallest absolute Gasteiger partial charge is 0.0955 e. The molecule has 0 saturated heterocycles. The first-order chi connectivity index (χ1) is 8.13. The standard InChI is InChI=1S/C14H17NOS/c1-9-4-5-12(11(3)10(9)2)13-8-17-14(15-13)6-7-16/h4-5,8,16H,6-7H2,1-3H3. The minimum absolute atomic E-state index is 0.166. The molecule has 0 bridgehead atoms. The molecule has 1 heterocycles. The van der Waals surface area contributed by atoms with E-state index in [4.69, 9.17) is 5.11 Å². The largest absolute Gasteiger partial charge is 0.396 e. The summed E-state index contributed by atoms with van der Waals surface area (Å²) in [6.45, 7) is 6.58. The third-order valence-electron chi connectivity index (χ3n) is 3.21. The lowest BCUT2D eigenvalue weighted by Gasteiger charge is -2.09. The Morgan fingerprint density at radius 2 is 1.94 bits per heavy atom. The molecule has 17 heavy (non-hydrogen) atoms. The van der Waals surface area contributed by atoms with Crippen LogP contribution >= 0.6 is 11.3 Å². The molecule has 1 aromatic carbocycles. The van der Waals surface area contributed by atoms with Crippen LogP contribution in [0.3, 0.4) is 0 Å². The Morgan fingerprint density at radius 1 is 1.18 bits per heavy atom. The average Bonchev–Trinajstić information content (AvgIpc) is 2.75. The summed E-state index contributed by atoms with van der Waals surface area (Å²) in [5, 5.41) is 12.0. The predicted octanol–water partition coefficient (Wildman–Crippen LogP) is 3.27. The van der Waals surface area contributed by atoms with E-state index >= 15 is 0 Å². The van der Waals surface area contributed by atoms with Crippen molar-refractivity contribution in [3.63, 3.8) is 0 Å². The van der Waals surface area contributed by atoms with Crippen molar-refractivity contribution >= 4 is 11.3 Å². The summed E-state index contributed by atoms with van der Waals surface area (Å²) in [5.74, 6) is 0. The van der Waals surface area contributed by atoms with E-state index in [1.165, 1.54) is 22.3 Å². The van der Waals surface area contributed by atoms with Crippen LogP contribution in [0.5, 0.6) is 0 Å². The Kier molecular flexibility index (Phi) is 3.60. The average molecular weight is 247 g/mol. The first-order valence-corrected chi connectivity index (χ1v) is 6.64. The highest BCUT2D eigenvalue weighted by Gasteiger charge is 2.09. The quantitative estimate of drug-likeness (QED) is 0.903. The molecule has 90 valence electrons. The van der Waals surface area contributed by atoms with Gasteiger partial charge in [-0.1, -0.05) is 12.1 Å². The van der Waals surface area contributed by atoms with E-state index in [9.17, 15) is 0 Å². The van der Waals surface area contributed by atoms with E-state index in [1.807, 2.05) is 0 Å². The number of aromatic nitrogens is 1. The molecule has 0 aliphatic carbocycles. The van der Waals surface area contributed by atoms with E-state index in [1.54, 1.807) is 11.3 Å². The molecule has 0 fully saturated rings. The van der Waals surface area contributed by atoms with E-state index in [2.05, 4.69) is 43.3 Å². The zero-order valence-corrected chi connectivity index (χ0v) is 11.3. The molecule has 0 saturated carbocycles. The zero-order chi connectivity index (χ0) is 12.4. The number of hydrogen-bond acceptors (Lipinski definition) is 3. The van der Waals surface area contributed by atoms with Crippen LogP contribution in [0.25, 0.3) is 11.3 Å². The maximum atomic E-state index is 8.90. The third kappa shape index (κ3) is 2.40. The van der Waals surface area contributed by atoms with Gasteiger partial charge in [-0.05, 0) is 37.5 Å². The lowest BCUT2D eigenvalue weighted by Crippen LogP contribution is -1.92. The molecular weight excluding hydrogens is 230 g/mol. The van der Waals surface area contributed by atoms with Crippen LogP contribution in [0, 0.1) is 20.8 Å². The van der Waals surface area contributed by atoms with E-state index in [0.29, 0.717) is 6.42 Å². The number of aryl methyl sites for hydroxylation is 1. The molecule has 1 aromatic heterocycles. The van der Waals surface area contributed by atoms with Crippen molar-refractivity contribution < 1.29 is 5.11 Å². The number of rotatable bonds is 3. The number of aliphatic hydroxyl groups excluding tert-OH is 1. The van der Waals surface area contributed by atoms with Crippen molar-refractivity contribution in [3.8, 4) is 11.3 Å². The SMILES string of the molecule is Cc1ccc(-c2csc(CCO)n2)c(C)c1C. The second-order valence-electron chi connectivity index (χ2n) is 4.28. The monoisotopic (exact) mass is 247 g/mol. The maximum Gasteiger partial charge on any atom is 0.0955 e. The molecule has 2 rings (SSSR count). The van der Waals surface area contributed by atoms with Crippen molar-refractivity contribution in [2.75, 3.05) is 6.61 Å². The lowest BCUT2D eigenvalue weighted by molar-refractivity contribution is 0.299. The highest BCUT2D eigenvalue weighted by atomic mass is 32.1. The highest BCUT2D eigenvalue weighted by Crippen LogP contribution is 2.28. The summed E-state index contributed by atoms with van der Waals surface area (Å²) in [4.78, 5) is 4.56. The van der Waals surface area contributed by atoms with Gasteiger partial charge in [0, 0.05) is 24.0 Å². The van der Waals surface area contributed by atoms with Crippen LogP contribution in [0.15, 0.2) is 17.5 Å². The van der Waals surface area contributed by atoms with Crippen LogP contribution in [-0.2, 0) is 6.42 Å². The Labute approximate surface area is 106 Å². The number of hydrogen-bond donors (Lipinski definition) is 1. The molecule has 0 atom stereocenters. The number of aliphatic hydroxyl groups is 1. The van der Waals surface area contributed by atoms with Crippen molar-refractivity contribution in [1.82, 2.24) is 4.98 Å². The summed E-state index contributed by atoms with van der Waals surface area (Å²) in [6.07, 6.45) is 0.647. The van der Waals surface area contributed by atoms with Gasteiger partial charge in [-0.2, -0.15) is 0 Å². The van der Waals surface area contributed by atoms with E-state index in [0.717, 1.165) is 10.7 Å². The molecule has 1 N–H and O–H groups in total. The number of benzene rings is 1. The molecule has 2 aromatic rings. The highest BCUT2D eigenvalue weighted by molar-refractivity contribution is 7.09. The van der Waals surface area contributed by atoms with Gasteiger partial charge in [0.15, 0.2) is 0 Å². The second-order valence-corrected chi connectivity index (χ2v) is 5.22. The fourth-order valence-electron chi connectivity index (χ4n) is 1.88. The van der Waals surface area contributed by atoms with Gasteiger partial charge >= 0.3 is 0 Å². The number of thiazole rings is 1. The van der Waals surface area contributed by atoms with Crippen molar-refractivity contribution in [3.05, 3.63) is 39.2 Å². The predicted molar refractivity (Wildman–Crippen MR) is 72.6 cm³/mol. The third-order valence-corrected chi connectivity index (χ3v) is 4.12. The van der Waals surface area contributed by atoms with Crippen LogP contribution in [0.4, 0.5) is 0 Å². The van der Waals surface area contributed by atoms with Gasteiger partial charge in [-0.25, -0.2) is 4.98 Å². The van der Waals surface area contributed by atoms with Crippen LogP contribution < -0.4 is 0 Å². The Hall–Kier alpha value is -1.19. The molecule has 0 aliphatic rings. The summed E-state index contributed by atoms with van der Waals surface area (Å²) in [6, 6.07) is 4.28. The van der Waals surface area contributed by atoms with Crippen molar-refractivity contribution in [1.29, 1.82) is 0 Å². The normalized spacial score (nSPS) is 10.8. The molecule has 0 radical (unpaired) electrons. The minimum atomic E-state index is 0.166. The van der Waals surface area contributed by atoms with Crippen molar-refractivity contribution in [2.24, 2.45) is 0 Å². The van der Waals surface area contributed by atoms with E-state index < -0.39 is 0 Å². The van der Waals surface area contributed by atoms with Crippen LogP contribution in [0.2, 0.25) is 0 Å². The first-order valence-electron chi connectivity index (χ1n) is 5.76. The first kappa shape index (κ1) is 12.3. The maximum absolute atomic E-state index is 8.90. The second kappa shape index (κ2) is 4.98. The summed E-state index contributed by atoms with van der Waals surface area (Å²) in [5.41, 5.74) is 6.18. The molecule has 0 unspecified atom stereocenters. The Bertz CT molecular complexity index is 531. The topological polar surface area (TPSA) is 33.1 Å². The molecule has 2 nitrogen and oxygen atoms in total. The van der Waals surface area contributed by atoms with Gasteiger partial charge < -0.3 is 5.11 Å². The van der Waals surface area contributed by atoms with Crippen LogP contribution in [0.1, 0.15) is 21.7 Å². The summed E-state index contributed by atoms with van der Waals surface area (Å²) < 4.78 is 0. The Morgan fingerprint density at radius 3 is 2.65 bits per heavy atom. The van der Waals surface area contributed by atoms with Gasteiger partial charge in [0.1, 0.15) is 0 Å². The van der Waals surface area contributed by atoms with Gasteiger partial charge in [0.05, 0.1) is 10.7 Å². The van der Waals surface area contributed by atoms with Gasteiger partial charge in [-0.3, -0.25) is 0 Å². The van der Waals surface area contributed by atoms with Gasteiger partial charge in [0.25, 0.3) is 0 Å². The number of nitrogens with zero attached hydrogens (tertiary/aromatic N) is 1. The van der Waals surface area contributed by atoms with Gasteiger partial charge in [-0.15, -0.1) is 11.3 Å². The summed E-state index contributed by atoms with van der Waals surface area (Å²) in [7, 11) is 0. The molecule has 0 spiro atoms. The molecule has 0 amide bonds. The molecule has 0 aliphatic heterocycles. The minimum Gasteiger partial charge on any atom is -0.396 e.